The van der Waals surface area contributed by atoms with Gasteiger partial charge in [0, 0.05) is 30.4 Å². The van der Waals surface area contributed by atoms with E-state index in [4.69, 9.17) is 10.5 Å². The molecule has 2 bridgehead atoms. The molecule has 2 aliphatic heterocycles. The van der Waals surface area contributed by atoms with Crippen LogP contribution in [0.3, 0.4) is 0 Å². The topological polar surface area (TPSA) is 68.5 Å². The lowest BCUT2D eigenvalue weighted by Gasteiger charge is -2.28. The highest BCUT2D eigenvalue weighted by molar-refractivity contribution is 5.70. The fraction of sp³-hybridized carbons (Fsp3) is 0.625. The Kier molecular flexibility index (Phi) is 3.30. The molecular formula is C16H23N3O2. The number of hydrogen-bond acceptors (Lipinski definition) is 4. The van der Waals surface area contributed by atoms with Gasteiger partial charge in [-0.1, -0.05) is 0 Å². The maximum atomic E-state index is 12.4. The second kappa shape index (κ2) is 4.90. The SMILES string of the molecule is CC(C)(C)OC(=O)N1C2CCC1C(c1cncc(N)c1)C2. The first kappa shape index (κ1) is 14.2. The molecule has 3 unspecified atom stereocenters. The normalized spacial score (nSPS) is 28.0. The first-order chi connectivity index (χ1) is 9.85. The van der Waals surface area contributed by atoms with Crippen LogP contribution in [0.5, 0.6) is 0 Å². The quantitative estimate of drug-likeness (QED) is 0.863. The van der Waals surface area contributed by atoms with Gasteiger partial charge < -0.3 is 15.4 Å². The van der Waals surface area contributed by atoms with Gasteiger partial charge in [-0.2, -0.15) is 0 Å². The van der Waals surface area contributed by atoms with Crippen LogP contribution in [0, 0.1) is 0 Å². The van der Waals surface area contributed by atoms with Crippen molar-refractivity contribution in [3.8, 4) is 0 Å². The zero-order valence-electron chi connectivity index (χ0n) is 12.9. The maximum Gasteiger partial charge on any atom is 0.410 e. The molecule has 3 heterocycles. The summed E-state index contributed by atoms with van der Waals surface area (Å²) in [5.41, 5.74) is 7.20. The number of nitrogens with two attached hydrogens (primary N) is 1. The first-order valence-corrected chi connectivity index (χ1v) is 7.57. The fourth-order valence-electron chi connectivity index (χ4n) is 3.63. The summed E-state index contributed by atoms with van der Waals surface area (Å²) < 4.78 is 5.56. The highest BCUT2D eigenvalue weighted by Gasteiger charge is 2.50. The molecule has 3 rings (SSSR count). The van der Waals surface area contributed by atoms with Crippen LogP contribution in [0.1, 0.15) is 51.5 Å². The van der Waals surface area contributed by atoms with Gasteiger partial charge in [0.25, 0.3) is 0 Å². The fourth-order valence-corrected chi connectivity index (χ4v) is 3.63. The standard InChI is InChI=1S/C16H23N3O2/c1-16(2,3)21-15(20)19-12-4-5-14(19)13(7-12)10-6-11(17)9-18-8-10/h6,8-9,12-14H,4-5,7,17H2,1-3H3. The summed E-state index contributed by atoms with van der Waals surface area (Å²) in [4.78, 5) is 18.6. The number of ether oxygens (including phenoxy) is 1. The number of rotatable bonds is 1. The predicted octanol–water partition coefficient (Wildman–Crippen LogP) is 2.92. The second-order valence-electron chi connectivity index (χ2n) is 7.08. The molecule has 1 amide bonds. The Morgan fingerprint density at radius 2 is 2.14 bits per heavy atom. The molecule has 2 N–H and O–H groups in total. The van der Waals surface area contributed by atoms with E-state index in [-0.39, 0.29) is 18.2 Å². The lowest BCUT2D eigenvalue weighted by molar-refractivity contribution is 0.0213. The number of carbonyl (C=O) groups excluding carboxylic acids is 1. The Balaban J connectivity index is 1.79. The molecule has 0 radical (unpaired) electrons. The molecule has 2 fully saturated rings. The molecule has 114 valence electrons. The minimum Gasteiger partial charge on any atom is -0.444 e. The average molecular weight is 289 g/mol. The summed E-state index contributed by atoms with van der Waals surface area (Å²) in [6.07, 6.45) is 6.42. The van der Waals surface area contributed by atoms with E-state index in [1.807, 2.05) is 37.9 Å². The van der Waals surface area contributed by atoms with Gasteiger partial charge in [0.2, 0.25) is 0 Å². The number of nitrogens with zero attached hydrogens (tertiary/aromatic N) is 2. The van der Waals surface area contributed by atoms with Crippen LogP contribution in [-0.4, -0.2) is 33.7 Å². The summed E-state index contributed by atoms with van der Waals surface area (Å²) >= 11 is 0. The molecule has 5 heteroatoms. The number of anilines is 1. The lowest BCUT2D eigenvalue weighted by atomic mass is 9.84. The van der Waals surface area contributed by atoms with E-state index in [1.54, 1.807) is 6.20 Å². The van der Waals surface area contributed by atoms with Gasteiger partial charge in [0.1, 0.15) is 5.60 Å². The highest BCUT2D eigenvalue weighted by Crippen LogP contribution is 2.47. The number of aromatic nitrogens is 1. The molecule has 21 heavy (non-hydrogen) atoms. The minimum absolute atomic E-state index is 0.186. The molecule has 0 aromatic carbocycles. The van der Waals surface area contributed by atoms with Gasteiger partial charge in [-0.25, -0.2) is 4.79 Å². The van der Waals surface area contributed by atoms with Crippen LogP contribution in [0.25, 0.3) is 0 Å². The molecular weight excluding hydrogens is 266 g/mol. The summed E-state index contributed by atoms with van der Waals surface area (Å²) in [5.74, 6) is 0.326. The largest absolute Gasteiger partial charge is 0.444 e. The van der Waals surface area contributed by atoms with Gasteiger partial charge in [-0.15, -0.1) is 0 Å². The molecule has 1 aromatic heterocycles. The Bertz CT molecular complexity index is 553. The van der Waals surface area contributed by atoms with E-state index in [0.717, 1.165) is 24.8 Å². The van der Waals surface area contributed by atoms with Crippen molar-refractivity contribution in [3.63, 3.8) is 0 Å². The monoisotopic (exact) mass is 289 g/mol. The summed E-state index contributed by atoms with van der Waals surface area (Å²) in [5, 5.41) is 0. The summed E-state index contributed by atoms with van der Waals surface area (Å²) in [6, 6.07) is 2.48. The van der Waals surface area contributed by atoms with Gasteiger partial charge in [-0.3, -0.25) is 4.98 Å². The molecule has 0 aliphatic carbocycles. The minimum atomic E-state index is -0.451. The number of carbonyl (C=O) groups is 1. The van der Waals surface area contributed by atoms with Gasteiger partial charge in [-0.05, 0) is 51.7 Å². The third-order valence-electron chi connectivity index (χ3n) is 4.35. The van der Waals surface area contributed by atoms with Gasteiger partial charge in [0.15, 0.2) is 0 Å². The number of pyridine rings is 1. The van der Waals surface area contributed by atoms with Crippen molar-refractivity contribution in [2.24, 2.45) is 0 Å². The number of amides is 1. The third kappa shape index (κ3) is 2.69. The van der Waals surface area contributed by atoms with E-state index >= 15 is 0 Å². The predicted molar refractivity (Wildman–Crippen MR) is 80.9 cm³/mol. The van der Waals surface area contributed by atoms with Crippen molar-refractivity contribution in [2.45, 2.75) is 63.6 Å². The highest BCUT2D eigenvalue weighted by atomic mass is 16.6. The Morgan fingerprint density at radius 3 is 2.81 bits per heavy atom. The van der Waals surface area contributed by atoms with Gasteiger partial charge >= 0.3 is 6.09 Å². The first-order valence-electron chi connectivity index (χ1n) is 7.57. The smallest absolute Gasteiger partial charge is 0.410 e. The van der Waals surface area contributed by atoms with Crippen molar-refractivity contribution in [2.75, 3.05) is 5.73 Å². The second-order valence-corrected chi connectivity index (χ2v) is 7.08. The number of nitrogen functional groups attached to an aromatic ring is 1. The molecule has 2 aliphatic rings. The Morgan fingerprint density at radius 1 is 1.38 bits per heavy atom. The Labute approximate surface area is 125 Å². The molecule has 0 spiro atoms. The van der Waals surface area contributed by atoms with Crippen LogP contribution in [0.4, 0.5) is 10.5 Å². The average Bonchev–Trinajstić information content (AvgIpc) is 2.94. The maximum absolute atomic E-state index is 12.4. The van der Waals surface area contributed by atoms with Crippen LogP contribution < -0.4 is 5.73 Å². The van der Waals surface area contributed by atoms with Crippen LogP contribution >= 0.6 is 0 Å². The van der Waals surface area contributed by atoms with Crippen molar-refractivity contribution in [1.82, 2.24) is 9.88 Å². The van der Waals surface area contributed by atoms with Crippen molar-refractivity contribution in [3.05, 3.63) is 24.0 Å². The van der Waals surface area contributed by atoms with Crippen LogP contribution in [-0.2, 0) is 4.74 Å². The molecule has 2 saturated heterocycles. The molecule has 1 aromatic rings. The summed E-state index contributed by atoms with van der Waals surface area (Å²) in [7, 11) is 0. The van der Waals surface area contributed by atoms with E-state index < -0.39 is 5.60 Å². The van der Waals surface area contributed by atoms with Gasteiger partial charge in [0.05, 0.1) is 5.69 Å². The molecule has 3 atom stereocenters. The third-order valence-corrected chi connectivity index (χ3v) is 4.35. The van der Waals surface area contributed by atoms with E-state index in [0.29, 0.717) is 11.6 Å². The zero-order chi connectivity index (χ0) is 15.2. The van der Waals surface area contributed by atoms with Crippen molar-refractivity contribution >= 4 is 11.8 Å². The Hall–Kier alpha value is -1.78. The zero-order valence-corrected chi connectivity index (χ0v) is 12.9. The van der Waals surface area contributed by atoms with Crippen LogP contribution in [0.2, 0.25) is 0 Å². The van der Waals surface area contributed by atoms with E-state index in [9.17, 15) is 4.79 Å². The summed E-state index contributed by atoms with van der Waals surface area (Å²) in [6.45, 7) is 5.71. The number of fused-ring (bicyclic) bond motifs is 2. The van der Waals surface area contributed by atoms with Crippen LogP contribution in [0.15, 0.2) is 18.5 Å². The number of hydrogen-bond donors (Lipinski definition) is 1. The van der Waals surface area contributed by atoms with Crippen molar-refractivity contribution < 1.29 is 9.53 Å². The van der Waals surface area contributed by atoms with E-state index in [2.05, 4.69) is 4.98 Å². The van der Waals surface area contributed by atoms with Crippen molar-refractivity contribution in [1.29, 1.82) is 0 Å². The molecule has 5 nitrogen and oxygen atoms in total. The lowest BCUT2D eigenvalue weighted by Crippen LogP contribution is -2.40. The van der Waals surface area contributed by atoms with E-state index in [1.165, 1.54) is 0 Å². The molecule has 0 saturated carbocycles.